The van der Waals surface area contributed by atoms with Crippen molar-refractivity contribution in [2.24, 2.45) is 0 Å². The first-order valence-corrected chi connectivity index (χ1v) is 4.84. The molecule has 4 heteroatoms. The van der Waals surface area contributed by atoms with Crippen LogP contribution in [0.1, 0.15) is 20.8 Å². The molecule has 0 aromatic heterocycles. The van der Waals surface area contributed by atoms with Crippen LogP contribution < -0.4 is 0 Å². The van der Waals surface area contributed by atoms with Crippen molar-refractivity contribution in [2.75, 3.05) is 26.1 Å². The van der Waals surface area contributed by atoms with Gasteiger partial charge >= 0.3 is 0 Å². The molecule has 0 bridgehead atoms. The lowest BCUT2D eigenvalue weighted by molar-refractivity contribution is -0.139. The third-order valence-electron chi connectivity index (χ3n) is 1.47. The van der Waals surface area contributed by atoms with Crippen LogP contribution in [-0.4, -0.2) is 42.5 Å². The molecule has 0 heterocycles. The molecule has 0 aliphatic carbocycles. The second-order valence-electron chi connectivity index (χ2n) is 3.91. The van der Waals surface area contributed by atoms with Crippen molar-refractivity contribution >= 4 is 17.5 Å². The summed E-state index contributed by atoms with van der Waals surface area (Å²) >= 11 is 5.50. The van der Waals surface area contributed by atoms with Crippen LogP contribution in [0.2, 0.25) is 0 Å². The van der Waals surface area contributed by atoms with Gasteiger partial charge in [-0.2, -0.15) is 0 Å². The number of carbonyl (C=O) groups is 1. The summed E-state index contributed by atoms with van der Waals surface area (Å²) in [6, 6.07) is 0. The molecule has 78 valence electrons. The molecule has 0 radical (unpaired) electrons. The Labute approximate surface area is 85.0 Å². The Bertz CT molecular complexity index is 165. The Balaban J connectivity index is 3.74. The van der Waals surface area contributed by atoms with Gasteiger partial charge in [0.1, 0.15) is 6.61 Å². The van der Waals surface area contributed by atoms with E-state index in [1.54, 1.807) is 11.9 Å². The molecule has 0 aliphatic rings. The van der Waals surface area contributed by atoms with Crippen LogP contribution >= 0.6 is 11.6 Å². The fourth-order valence-corrected chi connectivity index (χ4v) is 0.893. The first kappa shape index (κ1) is 12.7. The fraction of sp³-hybridized carbons (Fsp3) is 0.889. The molecule has 0 aliphatic heterocycles. The second kappa shape index (κ2) is 5.45. The number of hydrogen-bond donors (Lipinski definition) is 0. The Morgan fingerprint density at radius 1 is 1.46 bits per heavy atom. The summed E-state index contributed by atoms with van der Waals surface area (Å²) in [5, 5.41) is 0. The fourth-order valence-electron chi connectivity index (χ4n) is 0.640. The molecule has 0 atom stereocenters. The predicted octanol–water partition coefficient (Wildman–Crippen LogP) is 1.50. The molecule has 0 N–H and O–H groups in total. The predicted molar refractivity (Wildman–Crippen MR) is 54.1 cm³/mol. The van der Waals surface area contributed by atoms with E-state index in [1.165, 1.54) is 0 Å². The molecule has 0 saturated carbocycles. The zero-order chi connectivity index (χ0) is 10.5. The van der Waals surface area contributed by atoms with E-state index < -0.39 is 0 Å². The largest absolute Gasteiger partial charge is 0.366 e. The number of nitrogens with zero attached hydrogens (tertiary/aromatic N) is 1. The number of halogens is 1. The minimum Gasteiger partial charge on any atom is -0.366 e. The Morgan fingerprint density at radius 2 is 2.00 bits per heavy atom. The van der Waals surface area contributed by atoms with Gasteiger partial charge in [-0.3, -0.25) is 4.79 Å². The summed E-state index contributed by atoms with van der Waals surface area (Å²) in [6.45, 7) is 6.44. The number of ether oxygens (including phenoxy) is 1. The van der Waals surface area contributed by atoms with Crippen molar-refractivity contribution in [3.05, 3.63) is 0 Å². The maximum atomic E-state index is 11.3. The first-order valence-electron chi connectivity index (χ1n) is 4.30. The lowest BCUT2D eigenvalue weighted by Gasteiger charge is -2.22. The van der Waals surface area contributed by atoms with Gasteiger partial charge < -0.3 is 9.64 Å². The molecule has 13 heavy (non-hydrogen) atoms. The molecule has 0 saturated heterocycles. The Hall–Kier alpha value is -0.280. The van der Waals surface area contributed by atoms with Crippen molar-refractivity contribution in [3.8, 4) is 0 Å². The SMILES string of the molecule is CN(CCCl)C(=O)COC(C)(C)C. The van der Waals surface area contributed by atoms with Crippen molar-refractivity contribution in [1.82, 2.24) is 4.90 Å². The normalized spacial score (nSPS) is 11.5. The van der Waals surface area contributed by atoms with Crippen molar-refractivity contribution in [2.45, 2.75) is 26.4 Å². The van der Waals surface area contributed by atoms with Gasteiger partial charge in [0.15, 0.2) is 0 Å². The topological polar surface area (TPSA) is 29.5 Å². The zero-order valence-corrected chi connectivity index (χ0v) is 9.52. The number of alkyl halides is 1. The molecule has 1 amide bonds. The Kier molecular flexibility index (Phi) is 5.33. The summed E-state index contributed by atoms with van der Waals surface area (Å²) in [7, 11) is 1.72. The maximum Gasteiger partial charge on any atom is 0.248 e. The second-order valence-corrected chi connectivity index (χ2v) is 4.28. The highest BCUT2D eigenvalue weighted by molar-refractivity contribution is 6.18. The maximum absolute atomic E-state index is 11.3. The molecule has 0 rings (SSSR count). The highest BCUT2D eigenvalue weighted by Crippen LogP contribution is 2.06. The molecular weight excluding hydrogens is 190 g/mol. The van der Waals surface area contributed by atoms with Crippen molar-refractivity contribution in [3.63, 3.8) is 0 Å². The van der Waals surface area contributed by atoms with Crippen LogP contribution in [0.15, 0.2) is 0 Å². The number of hydrogen-bond acceptors (Lipinski definition) is 2. The number of carbonyl (C=O) groups excluding carboxylic acids is 1. The van der Waals surface area contributed by atoms with Gasteiger partial charge in [0.05, 0.1) is 5.60 Å². The van der Waals surface area contributed by atoms with Crippen LogP contribution in [0.4, 0.5) is 0 Å². The van der Waals surface area contributed by atoms with E-state index in [-0.39, 0.29) is 18.1 Å². The number of amides is 1. The smallest absolute Gasteiger partial charge is 0.248 e. The summed E-state index contributed by atoms with van der Waals surface area (Å²) in [6.07, 6.45) is 0. The van der Waals surface area contributed by atoms with Gasteiger partial charge in [0.2, 0.25) is 5.91 Å². The average molecular weight is 208 g/mol. The third kappa shape index (κ3) is 6.84. The van der Waals surface area contributed by atoms with Gasteiger partial charge in [-0.1, -0.05) is 0 Å². The van der Waals surface area contributed by atoms with E-state index in [0.29, 0.717) is 12.4 Å². The van der Waals surface area contributed by atoms with Gasteiger partial charge in [0.25, 0.3) is 0 Å². The van der Waals surface area contributed by atoms with E-state index in [9.17, 15) is 4.79 Å². The summed E-state index contributed by atoms with van der Waals surface area (Å²) < 4.78 is 5.32. The lowest BCUT2D eigenvalue weighted by Crippen LogP contribution is -2.34. The van der Waals surface area contributed by atoms with Gasteiger partial charge in [0, 0.05) is 19.5 Å². The quantitative estimate of drug-likeness (QED) is 0.654. The van der Waals surface area contributed by atoms with Crippen LogP contribution in [0, 0.1) is 0 Å². The standard InChI is InChI=1S/C9H18ClNO2/c1-9(2,3)13-7-8(12)11(4)6-5-10/h5-7H2,1-4H3. The highest BCUT2D eigenvalue weighted by atomic mass is 35.5. The lowest BCUT2D eigenvalue weighted by atomic mass is 10.2. The molecule has 0 fully saturated rings. The average Bonchev–Trinajstić information content (AvgIpc) is 1.99. The van der Waals surface area contributed by atoms with E-state index in [0.717, 1.165) is 0 Å². The summed E-state index contributed by atoms with van der Waals surface area (Å²) in [4.78, 5) is 12.9. The molecular formula is C9H18ClNO2. The minimum absolute atomic E-state index is 0.0319. The van der Waals surface area contributed by atoms with Crippen LogP contribution in [0.25, 0.3) is 0 Å². The van der Waals surface area contributed by atoms with E-state index >= 15 is 0 Å². The molecule has 3 nitrogen and oxygen atoms in total. The minimum atomic E-state index is -0.266. The van der Waals surface area contributed by atoms with E-state index in [4.69, 9.17) is 16.3 Å². The molecule has 0 aromatic rings. The summed E-state index contributed by atoms with van der Waals surface area (Å²) in [5.74, 6) is 0.424. The monoisotopic (exact) mass is 207 g/mol. The van der Waals surface area contributed by atoms with Gasteiger partial charge in [-0.25, -0.2) is 0 Å². The van der Waals surface area contributed by atoms with E-state index in [1.807, 2.05) is 20.8 Å². The zero-order valence-electron chi connectivity index (χ0n) is 8.76. The van der Waals surface area contributed by atoms with Crippen LogP contribution in [0.3, 0.4) is 0 Å². The van der Waals surface area contributed by atoms with Gasteiger partial charge in [-0.05, 0) is 20.8 Å². The molecule has 0 spiro atoms. The third-order valence-corrected chi connectivity index (χ3v) is 1.64. The highest BCUT2D eigenvalue weighted by Gasteiger charge is 2.14. The summed E-state index contributed by atoms with van der Waals surface area (Å²) in [5.41, 5.74) is -0.266. The van der Waals surface area contributed by atoms with Gasteiger partial charge in [-0.15, -0.1) is 11.6 Å². The molecule has 0 aromatic carbocycles. The van der Waals surface area contributed by atoms with Crippen molar-refractivity contribution in [1.29, 1.82) is 0 Å². The Morgan fingerprint density at radius 3 is 2.38 bits per heavy atom. The van der Waals surface area contributed by atoms with E-state index in [2.05, 4.69) is 0 Å². The van der Waals surface area contributed by atoms with Crippen molar-refractivity contribution < 1.29 is 9.53 Å². The number of likely N-dealkylation sites (N-methyl/N-ethyl adjacent to an activating group) is 1. The van der Waals surface area contributed by atoms with Crippen LogP contribution in [0.5, 0.6) is 0 Å². The molecule has 0 unspecified atom stereocenters. The number of rotatable bonds is 4. The van der Waals surface area contributed by atoms with Crippen LogP contribution in [-0.2, 0) is 9.53 Å². The first-order chi connectivity index (χ1) is 5.87.